The average Bonchev–Trinajstić information content (AvgIpc) is 3.54. The summed E-state index contributed by atoms with van der Waals surface area (Å²) in [6.45, 7) is 10.3. The molecule has 2 saturated carbocycles. The van der Waals surface area contributed by atoms with E-state index in [0.717, 1.165) is 54.2 Å². The van der Waals surface area contributed by atoms with Crippen LogP contribution in [0.15, 0.2) is 18.2 Å². The first kappa shape index (κ1) is 26.3. The molecule has 1 aromatic carbocycles. The molecule has 2 aromatic rings. The zero-order valence-electron chi connectivity index (χ0n) is 22.3. The van der Waals surface area contributed by atoms with Crippen LogP contribution >= 0.6 is 0 Å². The van der Waals surface area contributed by atoms with Gasteiger partial charge in [-0.2, -0.15) is 0 Å². The SMILES string of the molecule is CCOC(=O)CO[C@@H](CC(=O)Nc1ccc(C)cc1C)c1nnc([C@H]2C[C@@H](CC(C)C)C2)n1C1CC1. The number of esters is 1. The molecular weight excluding hydrogens is 456 g/mol. The normalized spacial score (nSPS) is 20.2. The fourth-order valence-electron chi connectivity index (χ4n) is 5.25. The van der Waals surface area contributed by atoms with Gasteiger partial charge in [0.2, 0.25) is 5.91 Å². The Labute approximate surface area is 214 Å². The van der Waals surface area contributed by atoms with Gasteiger partial charge in [-0.3, -0.25) is 4.79 Å². The number of nitrogens with zero attached hydrogens (tertiary/aromatic N) is 3. The maximum atomic E-state index is 13.1. The molecule has 0 saturated heterocycles. The Morgan fingerprint density at radius 2 is 1.92 bits per heavy atom. The molecule has 2 fully saturated rings. The third-order valence-corrected chi connectivity index (χ3v) is 7.09. The number of amides is 1. The number of aryl methyl sites for hydroxylation is 2. The van der Waals surface area contributed by atoms with Crippen molar-refractivity contribution in [1.29, 1.82) is 0 Å². The van der Waals surface area contributed by atoms with Gasteiger partial charge in [-0.25, -0.2) is 4.79 Å². The van der Waals surface area contributed by atoms with E-state index in [-0.39, 0.29) is 25.5 Å². The molecule has 0 aliphatic heterocycles. The van der Waals surface area contributed by atoms with Crippen LogP contribution in [0.5, 0.6) is 0 Å². The second kappa shape index (κ2) is 11.5. The van der Waals surface area contributed by atoms with Crippen LogP contribution in [0.1, 0.15) is 100 Å². The predicted molar refractivity (Wildman–Crippen MR) is 138 cm³/mol. The molecule has 8 heteroatoms. The summed E-state index contributed by atoms with van der Waals surface area (Å²) < 4.78 is 13.2. The Morgan fingerprint density at radius 3 is 2.56 bits per heavy atom. The zero-order chi connectivity index (χ0) is 25.8. The Kier molecular flexibility index (Phi) is 8.44. The van der Waals surface area contributed by atoms with Crippen molar-refractivity contribution in [3.05, 3.63) is 41.0 Å². The summed E-state index contributed by atoms with van der Waals surface area (Å²) in [6.07, 6.45) is 4.99. The fourth-order valence-corrected chi connectivity index (χ4v) is 5.25. The maximum absolute atomic E-state index is 13.1. The minimum atomic E-state index is -0.687. The van der Waals surface area contributed by atoms with E-state index < -0.39 is 12.1 Å². The van der Waals surface area contributed by atoms with Crippen molar-refractivity contribution in [2.24, 2.45) is 11.8 Å². The highest BCUT2D eigenvalue weighted by Crippen LogP contribution is 2.47. The van der Waals surface area contributed by atoms with E-state index in [1.165, 1.54) is 6.42 Å². The van der Waals surface area contributed by atoms with Crippen LogP contribution in [0.2, 0.25) is 0 Å². The first-order valence-electron chi connectivity index (χ1n) is 13.3. The van der Waals surface area contributed by atoms with Gasteiger partial charge in [0.15, 0.2) is 5.82 Å². The lowest BCUT2D eigenvalue weighted by molar-refractivity contribution is -0.151. The molecule has 1 amide bonds. The van der Waals surface area contributed by atoms with Crippen molar-refractivity contribution in [1.82, 2.24) is 14.8 Å². The monoisotopic (exact) mass is 496 g/mol. The minimum absolute atomic E-state index is 0.0399. The lowest BCUT2D eigenvalue weighted by Gasteiger charge is -2.36. The average molecular weight is 497 g/mol. The van der Waals surface area contributed by atoms with Crippen LogP contribution in [0.4, 0.5) is 5.69 Å². The summed E-state index contributed by atoms with van der Waals surface area (Å²) in [6, 6.07) is 6.25. The minimum Gasteiger partial charge on any atom is -0.464 e. The lowest BCUT2D eigenvalue weighted by Crippen LogP contribution is -2.27. The lowest BCUT2D eigenvalue weighted by atomic mass is 9.71. The van der Waals surface area contributed by atoms with Crippen LogP contribution in [0.3, 0.4) is 0 Å². The molecule has 0 bridgehead atoms. The van der Waals surface area contributed by atoms with E-state index in [9.17, 15) is 9.59 Å². The molecular formula is C28H40N4O4. The van der Waals surface area contributed by atoms with Gasteiger partial charge in [0.1, 0.15) is 18.5 Å². The highest BCUT2D eigenvalue weighted by molar-refractivity contribution is 5.91. The van der Waals surface area contributed by atoms with Gasteiger partial charge in [-0.1, -0.05) is 31.5 Å². The molecule has 2 aliphatic rings. The van der Waals surface area contributed by atoms with Gasteiger partial charge in [0.05, 0.1) is 13.0 Å². The fraction of sp³-hybridized carbons (Fsp3) is 0.643. The Balaban J connectivity index is 1.52. The third kappa shape index (κ3) is 6.52. The molecule has 1 atom stereocenters. The first-order valence-corrected chi connectivity index (χ1v) is 13.3. The maximum Gasteiger partial charge on any atom is 0.332 e. The van der Waals surface area contributed by atoms with Crippen molar-refractivity contribution >= 4 is 17.6 Å². The number of ether oxygens (including phenoxy) is 2. The molecule has 0 spiro atoms. The van der Waals surface area contributed by atoms with Crippen LogP contribution in [0, 0.1) is 25.7 Å². The van der Waals surface area contributed by atoms with E-state index in [1.807, 2.05) is 32.0 Å². The molecule has 196 valence electrons. The zero-order valence-corrected chi connectivity index (χ0v) is 22.3. The second-order valence-electron chi connectivity index (χ2n) is 10.9. The predicted octanol–water partition coefficient (Wildman–Crippen LogP) is 5.42. The number of rotatable bonds is 12. The molecule has 1 N–H and O–H groups in total. The van der Waals surface area contributed by atoms with Crippen molar-refractivity contribution < 1.29 is 19.1 Å². The number of anilines is 1. The van der Waals surface area contributed by atoms with E-state index in [0.29, 0.717) is 23.7 Å². The van der Waals surface area contributed by atoms with Crippen LogP contribution < -0.4 is 5.32 Å². The molecule has 0 radical (unpaired) electrons. The van der Waals surface area contributed by atoms with Crippen molar-refractivity contribution in [2.75, 3.05) is 18.5 Å². The molecule has 2 aliphatic carbocycles. The Hall–Kier alpha value is -2.74. The van der Waals surface area contributed by atoms with Gasteiger partial charge in [0.25, 0.3) is 0 Å². The highest BCUT2D eigenvalue weighted by Gasteiger charge is 2.40. The largest absolute Gasteiger partial charge is 0.464 e. The van der Waals surface area contributed by atoms with Crippen molar-refractivity contribution in [3.8, 4) is 0 Å². The molecule has 1 heterocycles. The molecule has 8 nitrogen and oxygen atoms in total. The van der Waals surface area contributed by atoms with Crippen LogP contribution in [-0.2, 0) is 19.1 Å². The molecule has 4 rings (SSSR count). The van der Waals surface area contributed by atoms with Gasteiger partial charge < -0.3 is 19.4 Å². The quantitative estimate of drug-likeness (QED) is 0.394. The van der Waals surface area contributed by atoms with Crippen LogP contribution in [0.25, 0.3) is 0 Å². The first-order chi connectivity index (χ1) is 17.2. The van der Waals surface area contributed by atoms with Gasteiger partial charge >= 0.3 is 5.97 Å². The topological polar surface area (TPSA) is 95.3 Å². The Bertz CT molecular complexity index is 1070. The number of benzene rings is 1. The second-order valence-corrected chi connectivity index (χ2v) is 10.9. The highest BCUT2D eigenvalue weighted by atomic mass is 16.6. The van der Waals surface area contributed by atoms with Gasteiger partial charge in [-0.15, -0.1) is 10.2 Å². The van der Waals surface area contributed by atoms with Gasteiger partial charge in [-0.05, 0) is 76.3 Å². The van der Waals surface area contributed by atoms with E-state index in [2.05, 4.69) is 33.9 Å². The van der Waals surface area contributed by atoms with Crippen LogP contribution in [-0.4, -0.2) is 39.9 Å². The summed E-state index contributed by atoms with van der Waals surface area (Å²) >= 11 is 0. The number of carbonyl (C=O) groups excluding carboxylic acids is 2. The molecule has 36 heavy (non-hydrogen) atoms. The number of hydrogen-bond acceptors (Lipinski definition) is 6. The third-order valence-electron chi connectivity index (χ3n) is 7.09. The van der Waals surface area contributed by atoms with E-state index in [1.54, 1.807) is 6.92 Å². The van der Waals surface area contributed by atoms with Gasteiger partial charge in [0, 0.05) is 17.6 Å². The van der Waals surface area contributed by atoms with E-state index in [4.69, 9.17) is 9.47 Å². The number of carbonyl (C=O) groups is 2. The Morgan fingerprint density at radius 1 is 1.17 bits per heavy atom. The summed E-state index contributed by atoms with van der Waals surface area (Å²) in [5.74, 6) is 2.83. The standard InChI is InChI=1S/C28H40N4O4/c1-6-35-26(34)16-36-24(15-25(33)29-23-10-7-18(4)12-19(23)5)28-31-30-27(32(28)22-8-9-22)21-13-20(14-21)11-17(2)3/h7,10,12,17,20-22,24H,6,8-9,11,13-16H2,1-5H3,(H,29,33)/t20-,21+,24-/m0/s1. The van der Waals surface area contributed by atoms with E-state index >= 15 is 0 Å². The molecule has 0 unspecified atom stereocenters. The number of hydrogen-bond donors (Lipinski definition) is 1. The summed E-state index contributed by atoms with van der Waals surface area (Å²) in [7, 11) is 0. The van der Waals surface area contributed by atoms with Crippen molar-refractivity contribution in [3.63, 3.8) is 0 Å². The summed E-state index contributed by atoms with van der Waals surface area (Å²) in [5.41, 5.74) is 2.90. The number of nitrogens with one attached hydrogen (secondary N) is 1. The summed E-state index contributed by atoms with van der Waals surface area (Å²) in [5, 5.41) is 12.1. The smallest absolute Gasteiger partial charge is 0.332 e. The summed E-state index contributed by atoms with van der Waals surface area (Å²) in [4.78, 5) is 25.2. The van der Waals surface area contributed by atoms with Crippen molar-refractivity contribution in [2.45, 2.75) is 91.2 Å². The molecule has 1 aromatic heterocycles. The number of aromatic nitrogens is 3.